The summed E-state index contributed by atoms with van der Waals surface area (Å²) in [7, 11) is 1.64. The molecule has 0 bridgehead atoms. The fourth-order valence-corrected chi connectivity index (χ4v) is 3.02. The van der Waals surface area contributed by atoms with Crippen molar-refractivity contribution in [1.82, 2.24) is 0 Å². The van der Waals surface area contributed by atoms with Crippen molar-refractivity contribution in [2.75, 3.05) is 12.0 Å². The average Bonchev–Trinajstić information content (AvgIpc) is 2.60. The van der Waals surface area contributed by atoms with Crippen LogP contribution in [-0.4, -0.2) is 19.1 Å². The van der Waals surface area contributed by atoms with Gasteiger partial charge >= 0.3 is 0 Å². The topological polar surface area (TPSA) is 29.5 Å². The first kappa shape index (κ1) is 15.3. The van der Waals surface area contributed by atoms with E-state index in [9.17, 15) is 4.79 Å². The first-order chi connectivity index (χ1) is 11.2. The summed E-state index contributed by atoms with van der Waals surface area (Å²) >= 11 is 0. The van der Waals surface area contributed by atoms with Crippen molar-refractivity contribution >= 4 is 17.7 Å². The molecule has 118 valence electrons. The van der Waals surface area contributed by atoms with Gasteiger partial charge in [-0.3, -0.25) is 4.79 Å². The Bertz CT molecular complexity index is 691. The molecule has 3 heteroatoms. The van der Waals surface area contributed by atoms with Gasteiger partial charge in [-0.05, 0) is 36.2 Å². The first-order valence-corrected chi connectivity index (χ1v) is 7.95. The van der Waals surface area contributed by atoms with E-state index >= 15 is 0 Å². The standard InChI is InChI=1S/C20H21NO2/c1-3-18-19(14-9-15-7-5-4-6-8-15)21(20(18)22)16-10-12-17(23-2)13-11-16/h4-14,18-19H,3H2,1-2H3/b14-9+/t18-,19+/m0/s1. The van der Waals surface area contributed by atoms with Crippen LogP contribution in [-0.2, 0) is 4.79 Å². The van der Waals surface area contributed by atoms with E-state index in [1.165, 1.54) is 0 Å². The lowest BCUT2D eigenvalue weighted by Gasteiger charge is -2.45. The SMILES string of the molecule is CC[C@@H]1C(=O)N(c2ccc(OC)cc2)[C@@H]1/C=C/c1ccccc1. The Kier molecular flexibility index (Phi) is 4.47. The number of amides is 1. The Morgan fingerprint density at radius 3 is 2.39 bits per heavy atom. The van der Waals surface area contributed by atoms with Gasteiger partial charge in [0.2, 0.25) is 5.91 Å². The fourth-order valence-electron chi connectivity index (χ4n) is 3.02. The van der Waals surface area contributed by atoms with Crippen LogP contribution in [0.5, 0.6) is 5.75 Å². The highest BCUT2D eigenvalue weighted by Gasteiger charge is 2.45. The van der Waals surface area contributed by atoms with Crippen LogP contribution in [0, 0.1) is 5.92 Å². The zero-order chi connectivity index (χ0) is 16.2. The molecular formula is C20H21NO2. The lowest BCUT2D eigenvalue weighted by atomic mass is 9.84. The van der Waals surface area contributed by atoms with E-state index < -0.39 is 0 Å². The van der Waals surface area contributed by atoms with Gasteiger partial charge in [-0.1, -0.05) is 49.4 Å². The summed E-state index contributed by atoms with van der Waals surface area (Å²) in [4.78, 5) is 14.3. The minimum absolute atomic E-state index is 0.0667. The van der Waals surface area contributed by atoms with Crippen molar-refractivity contribution in [3.8, 4) is 5.75 Å². The molecule has 0 unspecified atom stereocenters. The maximum absolute atomic E-state index is 12.4. The second kappa shape index (κ2) is 6.69. The van der Waals surface area contributed by atoms with Crippen LogP contribution in [0.3, 0.4) is 0 Å². The maximum Gasteiger partial charge on any atom is 0.233 e. The van der Waals surface area contributed by atoms with E-state index in [-0.39, 0.29) is 17.9 Å². The molecule has 3 nitrogen and oxygen atoms in total. The van der Waals surface area contributed by atoms with Crippen LogP contribution in [0.1, 0.15) is 18.9 Å². The molecule has 1 aliphatic rings. The third kappa shape index (κ3) is 3.00. The zero-order valence-electron chi connectivity index (χ0n) is 13.5. The summed E-state index contributed by atoms with van der Waals surface area (Å²) < 4.78 is 5.18. The summed E-state index contributed by atoms with van der Waals surface area (Å²) in [6, 6.07) is 17.9. The molecule has 0 aromatic heterocycles. The van der Waals surface area contributed by atoms with Crippen molar-refractivity contribution < 1.29 is 9.53 Å². The smallest absolute Gasteiger partial charge is 0.233 e. The van der Waals surface area contributed by atoms with Gasteiger partial charge in [0.1, 0.15) is 5.75 Å². The number of carbonyl (C=O) groups is 1. The number of methoxy groups -OCH3 is 1. The summed E-state index contributed by atoms with van der Waals surface area (Å²) in [5.41, 5.74) is 2.07. The number of anilines is 1. The number of ether oxygens (including phenoxy) is 1. The second-order valence-corrected chi connectivity index (χ2v) is 5.68. The lowest BCUT2D eigenvalue weighted by Crippen LogP contribution is -2.60. The summed E-state index contributed by atoms with van der Waals surface area (Å²) in [6.45, 7) is 2.07. The van der Waals surface area contributed by atoms with Crippen molar-refractivity contribution in [2.45, 2.75) is 19.4 Å². The van der Waals surface area contributed by atoms with Gasteiger partial charge in [0.05, 0.1) is 19.1 Å². The Morgan fingerprint density at radius 1 is 1.09 bits per heavy atom. The summed E-state index contributed by atoms with van der Waals surface area (Å²) in [6.07, 6.45) is 5.08. The zero-order valence-corrected chi connectivity index (χ0v) is 13.5. The molecule has 3 rings (SSSR count). The third-order valence-electron chi connectivity index (χ3n) is 4.34. The molecular weight excluding hydrogens is 286 g/mol. The van der Waals surface area contributed by atoms with Gasteiger partial charge in [-0.15, -0.1) is 0 Å². The Morgan fingerprint density at radius 2 is 1.78 bits per heavy atom. The molecule has 1 aliphatic heterocycles. The lowest BCUT2D eigenvalue weighted by molar-refractivity contribution is -0.129. The average molecular weight is 307 g/mol. The van der Waals surface area contributed by atoms with Gasteiger partial charge in [0.25, 0.3) is 0 Å². The van der Waals surface area contributed by atoms with Gasteiger partial charge in [-0.25, -0.2) is 0 Å². The van der Waals surface area contributed by atoms with Gasteiger partial charge in [0, 0.05) is 5.69 Å². The van der Waals surface area contributed by atoms with E-state index in [1.54, 1.807) is 7.11 Å². The van der Waals surface area contributed by atoms with Crippen molar-refractivity contribution in [3.05, 3.63) is 66.2 Å². The van der Waals surface area contributed by atoms with E-state index in [0.717, 1.165) is 23.4 Å². The van der Waals surface area contributed by atoms with Crippen LogP contribution >= 0.6 is 0 Å². The molecule has 1 fully saturated rings. The Balaban J connectivity index is 1.83. The molecule has 1 saturated heterocycles. The normalized spacial score (nSPS) is 20.6. The largest absolute Gasteiger partial charge is 0.497 e. The molecule has 0 saturated carbocycles. The Hall–Kier alpha value is -2.55. The van der Waals surface area contributed by atoms with Crippen LogP contribution in [0.25, 0.3) is 6.08 Å². The third-order valence-corrected chi connectivity index (χ3v) is 4.34. The highest BCUT2D eigenvalue weighted by molar-refractivity contribution is 6.03. The monoisotopic (exact) mass is 307 g/mol. The molecule has 2 aromatic carbocycles. The predicted octanol–water partition coefficient (Wildman–Crippen LogP) is 4.15. The highest BCUT2D eigenvalue weighted by atomic mass is 16.5. The molecule has 2 atom stereocenters. The van der Waals surface area contributed by atoms with Crippen LogP contribution in [0.4, 0.5) is 5.69 Å². The van der Waals surface area contributed by atoms with Crippen molar-refractivity contribution in [3.63, 3.8) is 0 Å². The van der Waals surface area contributed by atoms with Gasteiger partial charge < -0.3 is 9.64 Å². The van der Waals surface area contributed by atoms with Gasteiger partial charge in [-0.2, -0.15) is 0 Å². The van der Waals surface area contributed by atoms with Crippen LogP contribution in [0.2, 0.25) is 0 Å². The Labute approximate surface area is 137 Å². The maximum atomic E-state index is 12.4. The number of hydrogen-bond acceptors (Lipinski definition) is 2. The highest BCUT2D eigenvalue weighted by Crippen LogP contribution is 2.36. The van der Waals surface area contributed by atoms with E-state index in [1.807, 2.05) is 47.4 Å². The molecule has 0 spiro atoms. The minimum atomic E-state index is 0.0667. The van der Waals surface area contributed by atoms with Crippen molar-refractivity contribution in [1.29, 1.82) is 0 Å². The summed E-state index contributed by atoms with van der Waals surface area (Å²) in [5, 5.41) is 0. The van der Waals surface area contributed by atoms with Gasteiger partial charge in [0.15, 0.2) is 0 Å². The molecule has 1 heterocycles. The molecule has 0 aliphatic carbocycles. The molecule has 1 amide bonds. The van der Waals surface area contributed by atoms with Crippen LogP contribution < -0.4 is 9.64 Å². The number of β-lactam (4-membered cyclic amide) rings is 1. The van der Waals surface area contributed by atoms with E-state index in [4.69, 9.17) is 4.74 Å². The second-order valence-electron chi connectivity index (χ2n) is 5.68. The quantitative estimate of drug-likeness (QED) is 0.777. The molecule has 0 N–H and O–H groups in total. The van der Waals surface area contributed by atoms with E-state index in [2.05, 4.69) is 31.2 Å². The minimum Gasteiger partial charge on any atom is -0.497 e. The molecule has 2 aromatic rings. The fraction of sp³-hybridized carbons (Fsp3) is 0.250. The number of hydrogen-bond donors (Lipinski definition) is 0. The number of carbonyl (C=O) groups excluding carboxylic acids is 1. The number of benzene rings is 2. The summed E-state index contributed by atoms with van der Waals surface area (Å²) in [5.74, 6) is 1.06. The molecule has 0 radical (unpaired) electrons. The number of nitrogens with zero attached hydrogens (tertiary/aromatic N) is 1. The molecule has 23 heavy (non-hydrogen) atoms. The van der Waals surface area contributed by atoms with E-state index in [0.29, 0.717) is 0 Å². The number of rotatable bonds is 5. The van der Waals surface area contributed by atoms with Crippen molar-refractivity contribution in [2.24, 2.45) is 5.92 Å². The predicted molar refractivity (Wildman–Crippen MR) is 93.5 cm³/mol. The van der Waals surface area contributed by atoms with Crippen LogP contribution in [0.15, 0.2) is 60.7 Å². The first-order valence-electron chi connectivity index (χ1n) is 7.95.